The minimum Gasteiger partial charge on any atom is -0.478 e. The summed E-state index contributed by atoms with van der Waals surface area (Å²) in [6.07, 6.45) is 0. The van der Waals surface area contributed by atoms with Crippen LogP contribution in [0.25, 0.3) is 0 Å². The van der Waals surface area contributed by atoms with Crippen LogP contribution < -0.4 is 16.9 Å². The van der Waals surface area contributed by atoms with Gasteiger partial charge in [-0.2, -0.15) is 5.10 Å². The van der Waals surface area contributed by atoms with Crippen molar-refractivity contribution in [1.29, 1.82) is 0 Å². The molecular formula is C9H13N5O4S. The number of hydrazine groups is 1. The van der Waals surface area contributed by atoms with Crippen LogP contribution in [0.1, 0.15) is 10.4 Å². The van der Waals surface area contributed by atoms with Gasteiger partial charge in [0.1, 0.15) is 0 Å². The van der Waals surface area contributed by atoms with Crippen molar-refractivity contribution in [1.82, 2.24) is 5.01 Å². The molecule has 1 rings (SSSR count). The molecule has 0 spiro atoms. The Hall–Kier alpha value is -2.01. The number of rotatable bonds is 3. The molecule has 0 aliphatic carbocycles. The molecule has 104 valence electrons. The number of carbonyl (C=O) groups is 1. The number of benzene rings is 1. The third-order valence-corrected chi connectivity index (χ3v) is 3.19. The van der Waals surface area contributed by atoms with E-state index in [1.165, 1.54) is 19.2 Å². The van der Waals surface area contributed by atoms with E-state index >= 15 is 0 Å². The first-order valence-electron chi connectivity index (χ1n) is 4.86. The number of thioether (sulfide) groups is 1. The zero-order valence-electron chi connectivity index (χ0n) is 9.89. The number of amidine groups is 1. The molecule has 0 aromatic heterocycles. The lowest BCUT2D eigenvalue weighted by Crippen LogP contribution is -2.32. The van der Waals surface area contributed by atoms with Crippen LogP contribution in [0, 0.1) is 0 Å². The molecule has 0 radical (unpaired) electrons. The fourth-order valence-electron chi connectivity index (χ4n) is 1.19. The van der Waals surface area contributed by atoms with Crippen molar-refractivity contribution in [2.45, 2.75) is 4.90 Å². The van der Waals surface area contributed by atoms with Crippen molar-refractivity contribution in [3.8, 4) is 0 Å². The van der Waals surface area contributed by atoms with E-state index in [1.54, 1.807) is 0 Å². The van der Waals surface area contributed by atoms with Gasteiger partial charge >= 0.3 is 5.97 Å². The van der Waals surface area contributed by atoms with Crippen molar-refractivity contribution >= 4 is 28.6 Å². The van der Waals surface area contributed by atoms with Crippen LogP contribution in [0.3, 0.4) is 0 Å². The van der Waals surface area contributed by atoms with Crippen molar-refractivity contribution in [3.05, 3.63) is 23.8 Å². The molecule has 0 aliphatic heterocycles. The molecule has 0 bridgehead atoms. The van der Waals surface area contributed by atoms with E-state index < -0.39 is 5.97 Å². The zero-order valence-corrected chi connectivity index (χ0v) is 10.7. The number of hydrazone groups is 1. The normalized spacial score (nSPS) is 11.3. The molecule has 9 nitrogen and oxygen atoms in total. The van der Waals surface area contributed by atoms with Gasteiger partial charge in [0, 0.05) is 11.9 Å². The molecule has 0 saturated heterocycles. The monoisotopic (exact) mass is 287 g/mol. The van der Waals surface area contributed by atoms with Crippen molar-refractivity contribution in [2.24, 2.45) is 16.8 Å². The average Bonchev–Trinajstić information content (AvgIpc) is 2.35. The summed E-state index contributed by atoms with van der Waals surface area (Å²) in [4.78, 5) is 11.4. The zero-order chi connectivity index (χ0) is 14.6. The summed E-state index contributed by atoms with van der Waals surface area (Å²) in [6.45, 7) is 0. The van der Waals surface area contributed by atoms with Gasteiger partial charge in [0.05, 0.1) is 11.3 Å². The molecular weight excluding hydrogens is 274 g/mol. The van der Waals surface area contributed by atoms with Crippen molar-refractivity contribution in [3.63, 3.8) is 0 Å². The van der Waals surface area contributed by atoms with Crippen LogP contribution in [0.15, 0.2) is 28.2 Å². The van der Waals surface area contributed by atoms with Crippen LogP contribution in [-0.2, 0) is 0 Å². The average molecular weight is 287 g/mol. The summed E-state index contributed by atoms with van der Waals surface area (Å²) in [5, 5.41) is 31.4. The van der Waals surface area contributed by atoms with Gasteiger partial charge in [-0.25, -0.2) is 10.6 Å². The number of anilines is 1. The maximum atomic E-state index is 11.1. The molecule has 0 fully saturated rings. The summed E-state index contributed by atoms with van der Waals surface area (Å²) in [6, 6.07) is 3.80. The molecule has 0 atom stereocenters. The second-order valence-electron chi connectivity index (χ2n) is 3.40. The minimum absolute atomic E-state index is 0.0888. The third kappa shape index (κ3) is 3.72. The van der Waals surface area contributed by atoms with Gasteiger partial charge in [-0.15, -0.1) is 5.23 Å². The maximum absolute atomic E-state index is 11.1. The Morgan fingerprint density at radius 1 is 1.42 bits per heavy atom. The lowest BCUT2D eigenvalue weighted by atomic mass is 10.2. The SMILES string of the molecule is CN(N)/C(=N\N)Sc1ccc(N(O)O)cc1C(=O)O. The molecule has 0 heterocycles. The van der Waals surface area contributed by atoms with Crippen molar-refractivity contribution < 1.29 is 20.3 Å². The van der Waals surface area contributed by atoms with Crippen LogP contribution in [0.5, 0.6) is 0 Å². The minimum atomic E-state index is -1.23. The van der Waals surface area contributed by atoms with Gasteiger partial charge in [0.15, 0.2) is 0 Å². The van der Waals surface area contributed by atoms with Gasteiger partial charge in [-0.1, -0.05) is 0 Å². The van der Waals surface area contributed by atoms with Gasteiger partial charge in [-0.05, 0) is 30.0 Å². The second-order valence-corrected chi connectivity index (χ2v) is 4.41. The molecule has 0 saturated carbocycles. The Labute approximate surface area is 112 Å². The third-order valence-electron chi connectivity index (χ3n) is 2.04. The largest absolute Gasteiger partial charge is 0.478 e. The highest BCUT2D eigenvalue weighted by Crippen LogP contribution is 2.28. The Balaban J connectivity index is 3.17. The van der Waals surface area contributed by atoms with Crippen LogP contribution in [0.2, 0.25) is 0 Å². The Kier molecular flexibility index (Phi) is 4.94. The molecule has 0 unspecified atom stereocenters. The van der Waals surface area contributed by atoms with Crippen molar-refractivity contribution in [2.75, 3.05) is 12.3 Å². The van der Waals surface area contributed by atoms with Crippen LogP contribution >= 0.6 is 11.8 Å². The van der Waals surface area contributed by atoms with E-state index in [4.69, 9.17) is 27.2 Å². The lowest BCUT2D eigenvalue weighted by Gasteiger charge is -2.15. The van der Waals surface area contributed by atoms with Crippen LogP contribution in [0.4, 0.5) is 5.69 Å². The summed E-state index contributed by atoms with van der Waals surface area (Å²) < 4.78 is 0. The Morgan fingerprint density at radius 3 is 2.47 bits per heavy atom. The molecule has 1 aromatic carbocycles. The number of hydrogen-bond donors (Lipinski definition) is 5. The Bertz CT molecular complexity index is 505. The number of hydrogen-bond acceptors (Lipinski definition) is 8. The number of nitrogens with zero attached hydrogens (tertiary/aromatic N) is 3. The maximum Gasteiger partial charge on any atom is 0.336 e. The molecule has 19 heavy (non-hydrogen) atoms. The number of nitrogens with two attached hydrogens (primary N) is 2. The smallest absolute Gasteiger partial charge is 0.336 e. The fraction of sp³-hybridized carbons (Fsp3) is 0.111. The summed E-state index contributed by atoms with van der Waals surface area (Å²) in [5.41, 5.74) is -0.229. The van der Waals surface area contributed by atoms with E-state index in [0.717, 1.165) is 22.8 Å². The first-order valence-corrected chi connectivity index (χ1v) is 5.67. The predicted molar refractivity (Wildman–Crippen MR) is 68.9 cm³/mol. The summed E-state index contributed by atoms with van der Waals surface area (Å²) in [7, 11) is 1.50. The molecule has 1 aromatic rings. The highest BCUT2D eigenvalue weighted by Gasteiger charge is 2.16. The second kappa shape index (κ2) is 6.24. The molecule has 10 heteroatoms. The Morgan fingerprint density at radius 2 is 2.05 bits per heavy atom. The quantitative estimate of drug-likeness (QED) is 0.171. The summed E-state index contributed by atoms with van der Waals surface area (Å²) in [5.74, 6) is 9.37. The standard InChI is InChI=1S/C9H13N5O4S/c1-13(11)9(12-10)19-7-3-2-5(14(17)18)4-6(7)8(15)16/h2-4,17-18H,10-11H2,1H3,(H,15,16)/b12-9+. The van der Waals surface area contributed by atoms with Gasteiger partial charge in [-0.3, -0.25) is 15.4 Å². The highest BCUT2D eigenvalue weighted by molar-refractivity contribution is 8.13. The molecule has 0 amide bonds. The van der Waals surface area contributed by atoms with Crippen LogP contribution in [-0.4, -0.2) is 38.7 Å². The number of carboxylic acids is 1. The topological polar surface area (TPSA) is 149 Å². The summed E-state index contributed by atoms with van der Waals surface area (Å²) >= 11 is 0.935. The predicted octanol–water partition coefficient (Wildman–Crippen LogP) is 0.0969. The number of aromatic carboxylic acids is 1. The van der Waals surface area contributed by atoms with E-state index in [0.29, 0.717) is 4.90 Å². The van der Waals surface area contributed by atoms with E-state index in [9.17, 15) is 4.79 Å². The molecule has 0 aliphatic rings. The van der Waals surface area contributed by atoms with Gasteiger partial charge < -0.3 is 10.9 Å². The first kappa shape index (κ1) is 15.0. The van der Waals surface area contributed by atoms with E-state index in [-0.39, 0.29) is 21.6 Å². The van der Waals surface area contributed by atoms with E-state index in [2.05, 4.69) is 5.10 Å². The first-order chi connectivity index (χ1) is 8.86. The fourth-order valence-corrected chi connectivity index (χ4v) is 1.97. The highest BCUT2D eigenvalue weighted by atomic mass is 32.2. The molecule has 7 N–H and O–H groups in total. The number of carboxylic acid groups (broad SMARTS) is 1. The van der Waals surface area contributed by atoms with Gasteiger partial charge in [0.2, 0.25) is 5.17 Å². The van der Waals surface area contributed by atoms with Gasteiger partial charge in [0.25, 0.3) is 0 Å². The van der Waals surface area contributed by atoms with E-state index in [1.807, 2.05) is 0 Å². The lowest BCUT2D eigenvalue weighted by molar-refractivity contribution is 0.0291.